The summed E-state index contributed by atoms with van der Waals surface area (Å²) >= 11 is 3.26. The molecule has 1 N–H and O–H groups in total. The summed E-state index contributed by atoms with van der Waals surface area (Å²) in [6.45, 7) is 5.54. The minimum atomic E-state index is -3.30. The van der Waals surface area contributed by atoms with Gasteiger partial charge in [-0.15, -0.1) is 0 Å². The van der Waals surface area contributed by atoms with Crippen LogP contribution in [-0.4, -0.2) is 38.7 Å². The van der Waals surface area contributed by atoms with E-state index in [0.29, 0.717) is 21.6 Å². The van der Waals surface area contributed by atoms with Gasteiger partial charge in [0.2, 0.25) is 0 Å². The highest BCUT2D eigenvalue weighted by Gasteiger charge is 2.16. The predicted molar refractivity (Wildman–Crippen MR) is 109 cm³/mol. The topological polar surface area (TPSA) is 120 Å². The summed E-state index contributed by atoms with van der Waals surface area (Å²) < 4.78 is 25.8. The molecule has 0 amide bonds. The molecule has 0 atom stereocenters. The Morgan fingerprint density at radius 3 is 2.54 bits per heavy atom. The first-order chi connectivity index (χ1) is 13.2. The Bertz CT molecular complexity index is 1180. The van der Waals surface area contributed by atoms with Gasteiger partial charge in [-0.05, 0) is 41.9 Å². The Hall–Kier alpha value is -2.40. The molecule has 0 saturated carbocycles. The van der Waals surface area contributed by atoms with E-state index >= 15 is 0 Å². The van der Waals surface area contributed by atoms with E-state index in [1.807, 2.05) is 13.8 Å². The molecule has 11 heteroatoms. The highest BCUT2D eigenvalue weighted by Crippen LogP contribution is 2.16. The molecule has 0 aliphatic heterocycles. The molecule has 148 valence electrons. The van der Waals surface area contributed by atoms with E-state index in [1.54, 1.807) is 13.0 Å². The SMILES string of the molecule is CCS(=O)(=O)c1ccc(CNc2nc3ncc(Br)nc3n(C(C)C)c2=O)nc1. The van der Waals surface area contributed by atoms with Crippen LogP contribution in [0, 0.1) is 0 Å². The van der Waals surface area contributed by atoms with Gasteiger partial charge in [-0.3, -0.25) is 14.3 Å². The molecule has 3 aromatic heterocycles. The van der Waals surface area contributed by atoms with Gasteiger partial charge in [0.1, 0.15) is 4.60 Å². The summed E-state index contributed by atoms with van der Waals surface area (Å²) in [5.74, 6) is 0.143. The van der Waals surface area contributed by atoms with Crippen molar-refractivity contribution < 1.29 is 8.42 Å². The molecule has 9 nitrogen and oxygen atoms in total. The number of fused-ring (bicyclic) bond motifs is 1. The molecule has 0 aliphatic rings. The molecule has 0 fully saturated rings. The Morgan fingerprint density at radius 1 is 1.18 bits per heavy atom. The molecule has 0 spiro atoms. The van der Waals surface area contributed by atoms with Gasteiger partial charge in [-0.1, -0.05) is 6.92 Å². The molecule has 0 saturated heterocycles. The molecule has 0 aromatic carbocycles. The van der Waals surface area contributed by atoms with Gasteiger partial charge >= 0.3 is 0 Å². The average Bonchev–Trinajstić information content (AvgIpc) is 2.66. The van der Waals surface area contributed by atoms with E-state index in [4.69, 9.17) is 0 Å². The van der Waals surface area contributed by atoms with Crippen LogP contribution in [0.4, 0.5) is 5.82 Å². The maximum atomic E-state index is 12.8. The lowest BCUT2D eigenvalue weighted by atomic mass is 10.3. The summed E-state index contributed by atoms with van der Waals surface area (Å²) in [6, 6.07) is 2.97. The van der Waals surface area contributed by atoms with Crippen molar-refractivity contribution in [2.45, 2.75) is 38.3 Å². The average molecular weight is 467 g/mol. The van der Waals surface area contributed by atoms with Crippen molar-refractivity contribution in [2.24, 2.45) is 0 Å². The number of rotatable bonds is 6. The van der Waals surface area contributed by atoms with Crippen molar-refractivity contribution >= 4 is 42.9 Å². The zero-order chi connectivity index (χ0) is 20.5. The minimum Gasteiger partial charge on any atom is -0.360 e. The van der Waals surface area contributed by atoms with Crippen molar-refractivity contribution in [1.82, 2.24) is 24.5 Å². The van der Waals surface area contributed by atoms with Gasteiger partial charge < -0.3 is 5.32 Å². The molecule has 0 bridgehead atoms. The van der Waals surface area contributed by atoms with E-state index in [0.717, 1.165) is 0 Å². The zero-order valence-electron chi connectivity index (χ0n) is 15.5. The number of nitrogens with zero attached hydrogens (tertiary/aromatic N) is 5. The second kappa shape index (κ2) is 7.92. The van der Waals surface area contributed by atoms with Crippen LogP contribution < -0.4 is 10.9 Å². The lowest BCUT2D eigenvalue weighted by Crippen LogP contribution is -2.27. The normalized spacial score (nSPS) is 11.9. The maximum Gasteiger partial charge on any atom is 0.295 e. The summed E-state index contributed by atoms with van der Waals surface area (Å²) in [4.78, 5) is 30.0. The molecule has 0 radical (unpaired) electrons. The third-order valence-corrected chi connectivity index (χ3v) is 6.17. The monoisotopic (exact) mass is 466 g/mol. The van der Waals surface area contributed by atoms with E-state index in [-0.39, 0.29) is 34.6 Å². The molecule has 0 aliphatic carbocycles. The van der Waals surface area contributed by atoms with Gasteiger partial charge in [0.15, 0.2) is 26.9 Å². The minimum absolute atomic E-state index is 0.0131. The lowest BCUT2D eigenvalue weighted by molar-refractivity contribution is 0.592. The van der Waals surface area contributed by atoms with Crippen molar-refractivity contribution in [3.05, 3.63) is 45.2 Å². The number of aromatic nitrogens is 5. The van der Waals surface area contributed by atoms with E-state index in [9.17, 15) is 13.2 Å². The van der Waals surface area contributed by atoms with Crippen LogP contribution in [0.5, 0.6) is 0 Å². The van der Waals surface area contributed by atoms with Gasteiger partial charge in [0.05, 0.1) is 29.1 Å². The van der Waals surface area contributed by atoms with Crippen LogP contribution in [0.15, 0.2) is 38.8 Å². The van der Waals surface area contributed by atoms with Crippen molar-refractivity contribution in [3.63, 3.8) is 0 Å². The first kappa shape index (κ1) is 20.3. The molecule has 28 heavy (non-hydrogen) atoms. The second-order valence-corrected chi connectivity index (χ2v) is 9.40. The number of sulfone groups is 1. The third-order valence-electron chi connectivity index (χ3n) is 4.06. The smallest absolute Gasteiger partial charge is 0.295 e. The van der Waals surface area contributed by atoms with E-state index in [2.05, 4.69) is 41.2 Å². The summed E-state index contributed by atoms with van der Waals surface area (Å²) in [5, 5.41) is 2.97. The summed E-state index contributed by atoms with van der Waals surface area (Å²) in [5.41, 5.74) is 0.998. The van der Waals surface area contributed by atoms with Gasteiger partial charge in [-0.2, -0.15) is 0 Å². The zero-order valence-corrected chi connectivity index (χ0v) is 18.0. The van der Waals surface area contributed by atoms with Crippen LogP contribution in [0.2, 0.25) is 0 Å². The predicted octanol–water partition coefficient (Wildman–Crippen LogP) is 2.33. The van der Waals surface area contributed by atoms with Crippen LogP contribution in [0.25, 0.3) is 11.3 Å². The Kier molecular flexibility index (Phi) is 5.75. The molecule has 3 heterocycles. The Balaban J connectivity index is 1.92. The van der Waals surface area contributed by atoms with Gasteiger partial charge in [0.25, 0.3) is 5.56 Å². The number of halogens is 1. The molecule has 3 aromatic rings. The fourth-order valence-corrected chi connectivity index (χ4v) is 3.68. The van der Waals surface area contributed by atoms with E-state index in [1.165, 1.54) is 23.0 Å². The largest absolute Gasteiger partial charge is 0.360 e. The van der Waals surface area contributed by atoms with Crippen molar-refractivity contribution in [2.75, 3.05) is 11.1 Å². The standard InChI is InChI=1S/C17H19BrN6O3S/c1-4-28(26,27)12-6-5-11(19-8-12)7-20-15-17(25)24(10(2)3)16-14(23-15)21-9-13(18)22-16/h5-6,8-10H,4,7H2,1-3H3,(H,20,21,23). The highest BCUT2D eigenvalue weighted by molar-refractivity contribution is 9.10. The summed E-state index contributed by atoms with van der Waals surface area (Å²) in [6.07, 6.45) is 2.84. The van der Waals surface area contributed by atoms with Crippen molar-refractivity contribution in [3.8, 4) is 0 Å². The summed E-state index contributed by atoms with van der Waals surface area (Å²) in [7, 11) is -3.30. The van der Waals surface area contributed by atoms with Crippen molar-refractivity contribution in [1.29, 1.82) is 0 Å². The Morgan fingerprint density at radius 2 is 1.93 bits per heavy atom. The number of hydrogen-bond acceptors (Lipinski definition) is 8. The van der Waals surface area contributed by atoms with Crippen LogP contribution >= 0.6 is 15.9 Å². The number of nitrogens with one attached hydrogen (secondary N) is 1. The molecular weight excluding hydrogens is 448 g/mol. The quantitative estimate of drug-likeness (QED) is 0.587. The van der Waals surface area contributed by atoms with Crippen LogP contribution in [0.3, 0.4) is 0 Å². The fourth-order valence-electron chi connectivity index (χ4n) is 2.59. The highest BCUT2D eigenvalue weighted by atomic mass is 79.9. The third kappa shape index (κ3) is 4.04. The molecule has 3 rings (SSSR count). The van der Waals surface area contributed by atoms with Gasteiger partial charge in [0, 0.05) is 12.2 Å². The number of hydrogen-bond donors (Lipinski definition) is 1. The lowest BCUT2D eigenvalue weighted by Gasteiger charge is -2.14. The van der Waals surface area contributed by atoms with Gasteiger partial charge in [-0.25, -0.2) is 23.4 Å². The first-order valence-corrected chi connectivity index (χ1v) is 11.0. The molecule has 0 unspecified atom stereocenters. The van der Waals surface area contributed by atoms with Crippen LogP contribution in [-0.2, 0) is 16.4 Å². The van der Waals surface area contributed by atoms with Crippen LogP contribution in [0.1, 0.15) is 32.5 Å². The maximum absolute atomic E-state index is 12.8. The first-order valence-electron chi connectivity index (χ1n) is 8.59. The number of anilines is 1. The Labute approximate surface area is 170 Å². The molecular formula is C17H19BrN6O3S. The fraction of sp³-hybridized carbons (Fsp3) is 0.353. The van der Waals surface area contributed by atoms with E-state index < -0.39 is 9.84 Å². The second-order valence-electron chi connectivity index (χ2n) is 6.31. The number of pyridine rings is 1.